The Hall–Kier alpha value is -3.61. The first kappa shape index (κ1) is 25.5. The molecule has 0 fully saturated rings. The Morgan fingerprint density at radius 3 is 2.56 bits per heavy atom. The van der Waals surface area contributed by atoms with Crippen molar-refractivity contribution in [1.82, 2.24) is 24.7 Å². The fourth-order valence-electron chi connectivity index (χ4n) is 3.51. The fraction of sp³-hybridized carbons (Fsp3) is 0.250. The lowest BCUT2D eigenvalue weighted by atomic mass is 10.1. The maximum atomic E-state index is 13.0. The van der Waals surface area contributed by atoms with E-state index in [0.717, 1.165) is 21.8 Å². The number of rotatable bonds is 10. The first-order valence-corrected chi connectivity index (χ1v) is 13.3. The molecule has 3 heterocycles. The molecule has 0 amide bonds. The molecule has 3 aromatic heterocycles. The van der Waals surface area contributed by atoms with Crippen LogP contribution in [-0.2, 0) is 26.0 Å². The maximum Gasteiger partial charge on any atom is 0.331 e. The van der Waals surface area contributed by atoms with Crippen molar-refractivity contribution >= 4 is 27.3 Å². The van der Waals surface area contributed by atoms with Crippen LogP contribution in [0, 0.1) is 0 Å². The van der Waals surface area contributed by atoms with Gasteiger partial charge in [-0.1, -0.05) is 23.4 Å². The van der Waals surface area contributed by atoms with Crippen molar-refractivity contribution in [2.24, 2.45) is 0 Å². The van der Waals surface area contributed by atoms with E-state index in [1.165, 1.54) is 11.8 Å². The monoisotopic (exact) mass is 527 g/mol. The zero-order valence-electron chi connectivity index (χ0n) is 19.9. The van der Waals surface area contributed by atoms with Gasteiger partial charge in [0, 0.05) is 12.6 Å². The van der Waals surface area contributed by atoms with Crippen molar-refractivity contribution in [2.45, 2.75) is 29.6 Å². The number of nitrogens with zero attached hydrogens (tertiary/aromatic N) is 4. The topological polar surface area (TPSA) is 125 Å². The molecule has 0 aliphatic rings. The summed E-state index contributed by atoms with van der Waals surface area (Å²) in [5.74, 6) is 0.214. The van der Waals surface area contributed by atoms with Crippen molar-refractivity contribution in [3.8, 4) is 16.3 Å². The van der Waals surface area contributed by atoms with Crippen LogP contribution in [0.5, 0.6) is 5.75 Å². The zero-order chi connectivity index (χ0) is 25.7. The molecular weight excluding hydrogens is 502 g/mol. The number of nitrogens with one attached hydrogen (secondary N) is 1. The number of thiophene rings is 1. The van der Waals surface area contributed by atoms with Crippen molar-refractivity contribution in [2.75, 3.05) is 14.2 Å². The largest absolute Gasteiger partial charge is 0.497 e. The van der Waals surface area contributed by atoms with Crippen LogP contribution < -0.4 is 9.46 Å². The first-order chi connectivity index (χ1) is 17.3. The van der Waals surface area contributed by atoms with E-state index in [9.17, 15) is 13.2 Å². The Bertz CT molecular complexity index is 1420. The maximum absolute atomic E-state index is 13.0. The van der Waals surface area contributed by atoms with Crippen LogP contribution in [0.25, 0.3) is 10.6 Å². The second-order valence-corrected chi connectivity index (χ2v) is 10.9. The van der Waals surface area contributed by atoms with Gasteiger partial charge in [-0.25, -0.2) is 22.6 Å². The lowest BCUT2D eigenvalue weighted by Gasteiger charge is -2.15. The van der Waals surface area contributed by atoms with E-state index < -0.39 is 28.1 Å². The Morgan fingerprint density at radius 1 is 1.11 bits per heavy atom. The van der Waals surface area contributed by atoms with Crippen LogP contribution >= 0.6 is 11.3 Å². The van der Waals surface area contributed by atoms with Crippen LogP contribution in [0.3, 0.4) is 0 Å². The molecule has 4 rings (SSSR count). The lowest BCUT2D eigenvalue weighted by Crippen LogP contribution is -2.26. The Kier molecular flexibility index (Phi) is 7.77. The van der Waals surface area contributed by atoms with Crippen molar-refractivity contribution in [3.05, 3.63) is 78.2 Å². The SMILES string of the molecule is COC(=O)[C@H](Cc1ccc(OC)cc1)n1cc([C@H](C)NS(=O)(=O)c2ccc(-c3ccccn3)s2)nn1. The molecule has 1 aromatic carbocycles. The number of esters is 1. The zero-order valence-corrected chi connectivity index (χ0v) is 21.5. The van der Waals surface area contributed by atoms with E-state index in [0.29, 0.717) is 23.6 Å². The molecule has 188 valence electrons. The molecule has 0 radical (unpaired) electrons. The third-order valence-corrected chi connectivity index (χ3v) is 8.59. The minimum Gasteiger partial charge on any atom is -0.497 e. The van der Waals surface area contributed by atoms with E-state index in [1.54, 1.807) is 56.8 Å². The van der Waals surface area contributed by atoms with Gasteiger partial charge >= 0.3 is 5.97 Å². The third-order valence-electron chi connectivity index (χ3n) is 5.45. The molecule has 4 aromatic rings. The number of sulfonamides is 1. The van der Waals surface area contributed by atoms with E-state index in [1.807, 2.05) is 24.3 Å². The molecular formula is C24H25N5O5S2. The van der Waals surface area contributed by atoms with Gasteiger partial charge < -0.3 is 9.47 Å². The van der Waals surface area contributed by atoms with Gasteiger partial charge in [-0.15, -0.1) is 16.4 Å². The van der Waals surface area contributed by atoms with Crippen LogP contribution in [0.1, 0.15) is 30.3 Å². The highest BCUT2D eigenvalue weighted by molar-refractivity contribution is 7.91. The van der Waals surface area contributed by atoms with E-state index >= 15 is 0 Å². The summed E-state index contributed by atoms with van der Waals surface area (Å²) >= 11 is 1.13. The number of pyridine rings is 1. The summed E-state index contributed by atoms with van der Waals surface area (Å²) < 4.78 is 40.3. The highest BCUT2D eigenvalue weighted by atomic mass is 32.2. The van der Waals surface area contributed by atoms with Gasteiger partial charge in [0.2, 0.25) is 0 Å². The van der Waals surface area contributed by atoms with Crippen LogP contribution in [0.2, 0.25) is 0 Å². The summed E-state index contributed by atoms with van der Waals surface area (Å²) in [6.45, 7) is 1.66. The summed E-state index contributed by atoms with van der Waals surface area (Å²) in [5, 5.41) is 8.19. The summed E-state index contributed by atoms with van der Waals surface area (Å²) in [6, 6.07) is 14.6. The Morgan fingerprint density at radius 2 is 1.89 bits per heavy atom. The molecule has 1 N–H and O–H groups in total. The molecule has 36 heavy (non-hydrogen) atoms. The molecule has 0 aliphatic heterocycles. The molecule has 0 unspecified atom stereocenters. The highest BCUT2D eigenvalue weighted by Crippen LogP contribution is 2.30. The Balaban J connectivity index is 1.49. The molecule has 10 nitrogen and oxygen atoms in total. The third kappa shape index (κ3) is 5.78. The standard InChI is InChI=1S/C24H25N5O5S2/c1-16(27-36(31,32)23-12-11-22(35-23)19-6-4-5-13-25-19)20-15-29(28-26-20)21(24(30)34-3)14-17-7-9-18(33-2)10-8-17/h4-13,15-16,21,27H,14H2,1-3H3/t16-,21-/m0/s1. The molecule has 0 saturated heterocycles. The predicted octanol–water partition coefficient (Wildman–Crippen LogP) is 3.41. The summed E-state index contributed by atoms with van der Waals surface area (Å²) in [5.41, 5.74) is 1.94. The van der Waals surface area contributed by atoms with Crippen molar-refractivity contribution < 1.29 is 22.7 Å². The number of methoxy groups -OCH3 is 2. The van der Waals surface area contributed by atoms with Gasteiger partial charge in [-0.2, -0.15) is 0 Å². The average Bonchev–Trinajstić information content (AvgIpc) is 3.59. The van der Waals surface area contributed by atoms with Gasteiger partial charge in [0.1, 0.15) is 15.7 Å². The van der Waals surface area contributed by atoms with Crippen LogP contribution in [0.4, 0.5) is 0 Å². The first-order valence-electron chi connectivity index (χ1n) is 11.0. The van der Waals surface area contributed by atoms with Crippen molar-refractivity contribution in [3.63, 3.8) is 0 Å². The smallest absolute Gasteiger partial charge is 0.331 e. The number of benzene rings is 1. The normalized spacial score (nSPS) is 13.2. The molecule has 0 aliphatic carbocycles. The van der Waals surface area contributed by atoms with Gasteiger partial charge in [0.05, 0.1) is 37.0 Å². The van der Waals surface area contributed by atoms with Gasteiger partial charge in [-0.05, 0) is 48.9 Å². The average molecular weight is 528 g/mol. The van der Waals surface area contributed by atoms with Crippen LogP contribution in [-0.4, -0.2) is 48.6 Å². The van der Waals surface area contributed by atoms with E-state index in [2.05, 4.69) is 20.0 Å². The second-order valence-electron chi connectivity index (χ2n) is 7.89. The second kappa shape index (κ2) is 11.0. The van der Waals surface area contributed by atoms with E-state index in [-0.39, 0.29) is 4.21 Å². The molecule has 0 spiro atoms. The number of carbonyl (C=O) groups is 1. The molecule has 12 heteroatoms. The lowest BCUT2D eigenvalue weighted by molar-refractivity contribution is -0.144. The quantitative estimate of drug-likeness (QED) is 0.311. The minimum atomic E-state index is -3.82. The van der Waals surface area contributed by atoms with Gasteiger partial charge in [0.15, 0.2) is 6.04 Å². The predicted molar refractivity (Wildman–Crippen MR) is 134 cm³/mol. The summed E-state index contributed by atoms with van der Waals surface area (Å²) in [4.78, 5) is 17.5. The number of hydrogen-bond donors (Lipinski definition) is 1. The number of carbonyl (C=O) groups excluding carboxylic acids is 1. The van der Waals surface area contributed by atoms with Crippen LogP contribution in [0.15, 0.2) is 71.2 Å². The molecule has 0 saturated carbocycles. The number of aromatic nitrogens is 4. The van der Waals surface area contributed by atoms with E-state index in [4.69, 9.17) is 9.47 Å². The minimum absolute atomic E-state index is 0.161. The van der Waals surface area contributed by atoms with Gasteiger partial charge in [-0.3, -0.25) is 4.98 Å². The molecule has 2 atom stereocenters. The number of ether oxygens (including phenoxy) is 2. The fourth-order valence-corrected chi connectivity index (χ4v) is 6.03. The molecule has 0 bridgehead atoms. The number of hydrogen-bond acceptors (Lipinski definition) is 9. The van der Waals surface area contributed by atoms with Crippen molar-refractivity contribution in [1.29, 1.82) is 0 Å². The van der Waals surface area contributed by atoms with Gasteiger partial charge in [0.25, 0.3) is 10.0 Å². The summed E-state index contributed by atoms with van der Waals surface area (Å²) in [7, 11) is -0.938. The summed E-state index contributed by atoms with van der Waals surface area (Å²) in [6.07, 6.45) is 3.51. The Labute approximate surface area is 213 Å². The highest BCUT2D eigenvalue weighted by Gasteiger charge is 2.26.